The summed E-state index contributed by atoms with van der Waals surface area (Å²) >= 11 is 7.84. The third-order valence-corrected chi connectivity index (χ3v) is 6.48. The van der Waals surface area contributed by atoms with Crippen LogP contribution in [-0.4, -0.2) is 20.4 Å². The molecule has 0 spiro atoms. The molecule has 2 aromatic rings. The third kappa shape index (κ3) is 2.57. The molecule has 1 aliphatic rings. The Hall–Kier alpha value is -1.25. The Morgan fingerprint density at radius 1 is 1.24 bits per heavy atom. The van der Waals surface area contributed by atoms with E-state index >= 15 is 0 Å². The molecular formula is C17H16Br2N2O3S. The van der Waals surface area contributed by atoms with Crippen molar-refractivity contribution in [1.82, 2.24) is 9.36 Å². The maximum absolute atomic E-state index is 12.0. The van der Waals surface area contributed by atoms with Gasteiger partial charge in [-0.05, 0) is 62.4 Å². The van der Waals surface area contributed by atoms with E-state index in [1.165, 1.54) is 0 Å². The Kier molecular flexibility index (Phi) is 4.58. The Morgan fingerprint density at radius 2 is 1.88 bits per heavy atom. The lowest BCUT2D eigenvalue weighted by Crippen LogP contribution is -2.23. The number of aliphatic carboxylic acids is 1. The first kappa shape index (κ1) is 18.5. The molecular weight excluding hydrogens is 472 g/mol. The molecule has 0 amide bonds. The summed E-state index contributed by atoms with van der Waals surface area (Å²) in [4.78, 5) is 16.5. The van der Waals surface area contributed by atoms with Gasteiger partial charge in [0.15, 0.2) is 5.82 Å². The minimum absolute atomic E-state index is 0.384. The Balaban J connectivity index is 2.03. The maximum Gasteiger partial charge on any atom is 0.311 e. The SMILES string of the molecule is CC1(C)[C@@](C)(C(=O)O)[C@]1(C=C(Br)Br)c1nsc(Oc2ccccc2)n1. The molecule has 8 heteroatoms. The summed E-state index contributed by atoms with van der Waals surface area (Å²) in [7, 11) is 0. The number of rotatable bonds is 5. The van der Waals surface area contributed by atoms with Crippen molar-refractivity contribution in [1.29, 1.82) is 0 Å². The maximum atomic E-state index is 12.0. The molecule has 1 aromatic carbocycles. The number of carbonyl (C=O) groups is 1. The van der Waals surface area contributed by atoms with Crippen molar-refractivity contribution in [2.75, 3.05) is 0 Å². The molecule has 1 aliphatic carbocycles. The minimum atomic E-state index is -1.03. The fraction of sp³-hybridized carbons (Fsp3) is 0.353. The van der Waals surface area contributed by atoms with Crippen molar-refractivity contribution in [2.24, 2.45) is 10.8 Å². The van der Waals surface area contributed by atoms with Crippen molar-refractivity contribution in [3.05, 3.63) is 45.6 Å². The Morgan fingerprint density at radius 3 is 2.40 bits per heavy atom. The molecule has 25 heavy (non-hydrogen) atoms. The number of ether oxygens (including phenoxy) is 1. The number of para-hydroxylation sites is 1. The largest absolute Gasteiger partial charge is 0.481 e. The minimum Gasteiger partial charge on any atom is -0.481 e. The van der Waals surface area contributed by atoms with Gasteiger partial charge in [0.1, 0.15) is 5.75 Å². The van der Waals surface area contributed by atoms with Crippen LogP contribution < -0.4 is 4.74 Å². The number of allylic oxidation sites excluding steroid dienone is 1. The van der Waals surface area contributed by atoms with E-state index in [0.717, 1.165) is 11.5 Å². The van der Waals surface area contributed by atoms with Crippen LogP contribution >= 0.6 is 43.4 Å². The van der Waals surface area contributed by atoms with Gasteiger partial charge in [0.05, 0.1) is 14.2 Å². The van der Waals surface area contributed by atoms with Gasteiger partial charge in [0, 0.05) is 11.5 Å². The Bertz CT molecular complexity index is 849. The van der Waals surface area contributed by atoms with Gasteiger partial charge in [-0.2, -0.15) is 9.36 Å². The van der Waals surface area contributed by atoms with Crippen LogP contribution in [0, 0.1) is 10.8 Å². The number of halogens is 2. The molecule has 0 saturated heterocycles. The smallest absolute Gasteiger partial charge is 0.311 e. The first-order chi connectivity index (χ1) is 11.7. The average Bonchev–Trinajstić information content (AvgIpc) is 2.85. The highest BCUT2D eigenvalue weighted by molar-refractivity contribution is 9.28. The summed E-state index contributed by atoms with van der Waals surface area (Å²) in [5.41, 5.74) is -2.44. The highest BCUT2D eigenvalue weighted by atomic mass is 79.9. The van der Waals surface area contributed by atoms with Crippen molar-refractivity contribution < 1.29 is 14.6 Å². The van der Waals surface area contributed by atoms with E-state index in [1.54, 1.807) is 6.92 Å². The van der Waals surface area contributed by atoms with Gasteiger partial charge in [-0.15, -0.1) is 0 Å². The van der Waals surface area contributed by atoms with E-state index in [0.29, 0.717) is 20.2 Å². The number of carboxylic acids is 1. The molecule has 0 bridgehead atoms. The fourth-order valence-corrected chi connectivity index (χ4v) is 4.92. The summed E-state index contributed by atoms with van der Waals surface area (Å²) in [5.74, 6) is 0.234. The molecule has 132 valence electrons. The van der Waals surface area contributed by atoms with E-state index in [9.17, 15) is 9.90 Å². The topological polar surface area (TPSA) is 72.3 Å². The molecule has 2 atom stereocenters. The zero-order chi connectivity index (χ0) is 18.5. The van der Waals surface area contributed by atoms with Crippen LogP contribution in [0.4, 0.5) is 0 Å². The molecule has 1 fully saturated rings. The van der Waals surface area contributed by atoms with E-state index in [1.807, 2.05) is 50.3 Å². The molecule has 0 unspecified atom stereocenters. The zero-order valence-electron chi connectivity index (χ0n) is 13.8. The molecule has 0 radical (unpaired) electrons. The lowest BCUT2D eigenvalue weighted by Gasteiger charge is -2.13. The fourth-order valence-electron chi connectivity index (χ4n) is 3.63. The third-order valence-electron chi connectivity index (χ3n) is 5.42. The summed E-state index contributed by atoms with van der Waals surface area (Å²) < 4.78 is 10.8. The van der Waals surface area contributed by atoms with Crippen LogP contribution in [0.25, 0.3) is 0 Å². The van der Waals surface area contributed by atoms with Crippen LogP contribution in [0.2, 0.25) is 0 Å². The van der Waals surface area contributed by atoms with Gasteiger partial charge >= 0.3 is 5.97 Å². The van der Waals surface area contributed by atoms with Crippen molar-refractivity contribution in [2.45, 2.75) is 26.2 Å². The molecule has 5 nitrogen and oxygen atoms in total. The van der Waals surface area contributed by atoms with E-state index in [-0.39, 0.29) is 0 Å². The van der Waals surface area contributed by atoms with Gasteiger partial charge in [0.2, 0.25) is 0 Å². The number of hydrogen-bond acceptors (Lipinski definition) is 5. The summed E-state index contributed by atoms with van der Waals surface area (Å²) in [6.45, 7) is 5.56. The molecule has 0 aliphatic heterocycles. The summed E-state index contributed by atoms with van der Waals surface area (Å²) in [5, 5.41) is 10.2. The van der Waals surface area contributed by atoms with Gasteiger partial charge in [-0.25, -0.2) is 0 Å². The van der Waals surface area contributed by atoms with E-state index in [4.69, 9.17) is 4.74 Å². The zero-order valence-corrected chi connectivity index (χ0v) is 17.8. The molecule has 1 heterocycles. The first-order valence-electron chi connectivity index (χ1n) is 7.51. The second-order valence-electron chi connectivity index (χ2n) is 6.60. The quantitative estimate of drug-likeness (QED) is 0.616. The number of hydrogen-bond donors (Lipinski definition) is 1. The lowest BCUT2D eigenvalue weighted by atomic mass is 9.93. The van der Waals surface area contributed by atoms with Crippen LogP contribution in [0.1, 0.15) is 26.6 Å². The monoisotopic (exact) mass is 486 g/mol. The molecule has 1 saturated carbocycles. The second-order valence-corrected chi connectivity index (χ2v) is 10.1. The molecule has 3 rings (SSSR count). The van der Waals surface area contributed by atoms with Crippen LogP contribution in [0.3, 0.4) is 0 Å². The number of aromatic nitrogens is 2. The van der Waals surface area contributed by atoms with Gasteiger partial charge in [-0.1, -0.05) is 32.0 Å². The van der Waals surface area contributed by atoms with E-state index < -0.39 is 22.2 Å². The number of benzene rings is 1. The number of nitrogens with zero attached hydrogens (tertiary/aromatic N) is 2. The van der Waals surface area contributed by atoms with Gasteiger partial charge < -0.3 is 9.84 Å². The first-order valence-corrected chi connectivity index (χ1v) is 9.87. The van der Waals surface area contributed by atoms with Crippen molar-refractivity contribution in [3.63, 3.8) is 0 Å². The average molecular weight is 488 g/mol. The molecule has 1 N–H and O–H groups in total. The highest BCUT2D eigenvalue weighted by Crippen LogP contribution is 2.79. The second kappa shape index (κ2) is 6.17. The highest BCUT2D eigenvalue weighted by Gasteiger charge is 2.85. The lowest BCUT2D eigenvalue weighted by molar-refractivity contribution is -0.144. The standard InChI is InChI=1S/C17H16Br2N2O3S/c1-15(2)16(3,13(22)23)17(15,9-11(18)19)12-20-14(25-21-12)24-10-7-5-4-6-8-10/h4-9H,1-3H3,(H,22,23)/t16-,17-/m1/s1. The predicted molar refractivity (Wildman–Crippen MR) is 104 cm³/mol. The van der Waals surface area contributed by atoms with E-state index in [2.05, 4.69) is 41.2 Å². The predicted octanol–water partition coefficient (Wildman–Crippen LogP) is 5.33. The molecule has 1 aromatic heterocycles. The van der Waals surface area contributed by atoms with Crippen LogP contribution in [0.15, 0.2) is 39.8 Å². The van der Waals surface area contributed by atoms with Crippen LogP contribution in [0.5, 0.6) is 10.9 Å². The number of carboxylic acid groups (broad SMARTS) is 1. The summed E-state index contributed by atoms with van der Waals surface area (Å²) in [6.07, 6.45) is 1.83. The van der Waals surface area contributed by atoms with Gasteiger partial charge in [0.25, 0.3) is 5.19 Å². The normalized spacial score (nSPS) is 26.8. The Labute approximate surface area is 166 Å². The van der Waals surface area contributed by atoms with Crippen LogP contribution in [-0.2, 0) is 10.2 Å². The van der Waals surface area contributed by atoms with Crippen molar-refractivity contribution in [3.8, 4) is 10.9 Å². The summed E-state index contributed by atoms with van der Waals surface area (Å²) in [6, 6.07) is 9.29. The van der Waals surface area contributed by atoms with Gasteiger partial charge in [-0.3, -0.25) is 4.79 Å². The van der Waals surface area contributed by atoms with Crippen molar-refractivity contribution >= 4 is 49.4 Å².